The molecule has 20 heavy (non-hydrogen) atoms. The van der Waals surface area contributed by atoms with Gasteiger partial charge in [0.15, 0.2) is 0 Å². The molecule has 3 rings (SSSR count). The Kier molecular flexibility index (Phi) is 3.16. The number of aryl methyl sites for hydroxylation is 2. The van der Waals surface area contributed by atoms with Gasteiger partial charge < -0.3 is 10.3 Å². The summed E-state index contributed by atoms with van der Waals surface area (Å²) in [7, 11) is 0. The Balaban J connectivity index is 1.74. The summed E-state index contributed by atoms with van der Waals surface area (Å²) >= 11 is 0. The highest BCUT2D eigenvalue weighted by Gasteiger charge is 2.04. The molecule has 0 aliphatic carbocycles. The van der Waals surface area contributed by atoms with Crippen LogP contribution in [0.4, 0.5) is 5.69 Å². The van der Waals surface area contributed by atoms with Gasteiger partial charge in [-0.3, -0.25) is 0 Å². The standard InChI is InChI=1S/C13H15N7/c1-9-5-11(15-7-12-6-14-10(2)17-12)3-4-13(9)20-8-16-18-19-20/h3-6,8,15H,7H2,1-2H3,(H,14,17). The van der Waals surface area contributed by atoms with Gasteiger partial charge in [-0.15, -0.1) is 5.10 Å². The summed E-state index contributed by atoms with van der Waals surface area (Å²) in [5.74, 6) is 0.923. The monoisotopic (exact) mass is 269 g/mol. The second-order valence-corrected chi connectivity index (χ2v) is 4.60. The van der Waals surface area contributed by atoms with E-state index in [1.807, 2.05) is 32.2 Å². The first-order valence-corrected chi connectivity index (χ1v) is 6.31. The van der Waals surface area contributed by atoms with E-state index in [1.165, 1.54) is 0 Å². The van der Waals surface area contributed by atoms with E-state index in [-0.39, 0.29) is 0 Å². The molecule has 7 nitrogen and oxygen atoms in total. The highest BCUT2D eigenvalue weighted by molar-refractivity contribution is 5.53. The molecule has 1 aromatic carbocycles. The second kappa shape index (κ2) is 5.12. The number of nitrogens with one attached hydrogen (secondary N) is 2. The summed E-state index contributed by atoms with van der Waals surface area (Å²) in [6, 6.07) is 6.07. The van der Waals surface area contributed by atoms with Crippen molar-refractivity contribution in [2.24, 2.45) is 0 Å². The normalized spacial score (nSPS) is 10.7. The van der Waals surface area contributed by atoms with Gasteiger partial charge in [0.2, 0.25) is 0 Å². The van der Waals surface area contributed by atoms with Crippen LogP contribution >= 0.6 is 0 Å². The first-order valence-electron chi connectivity index (χ1n) is 6.31. The van der Waals surface area contributed by atoms with E-state index in [9.17, 15) is 0 Å². The van der Waals surface area contributed by atoms with Crippen molar-refractivity contribution in [3.63, 3.8) is 0 Å². The van der Waals surface area contributed by atoms with Crippen molar-refractivity contribution >= 4 is 5.69 Å². The number of aromatic amines is 1. The van der Waals surface area contributed by atoms with Gasteiger partial charge in [0, 0.05) is 5.69 Å². The molecule has 7 heteroatoms. The fourth-order valence-corrected chi connectivity index (χ4v) is 2.05. The first-order chi connectivity index (χ1) is 9.72. The second-order valence-electron chi connectivity index (χ2n) is 4.60. The molecule has 0 aliphatic heterocycles. The number of nitrogens with zero attached hydrogens (tertiary/aromatic N) is 5. The Bertz CT molecular complexity index is 699. The van der Waals surface area contributed by atoms with Crippen LogP contribution in [0.15, 0.2) is 30.7 Å². The number of anilines is 1. The van der Waals surface area contributed by atoms with Crippen molar-refractivity contribution < 1.29 is 0 Å². The van der Waals surface area contributed by atoms with Crippen LogP contribution in [-0.2, 0) is 6.54 Å². The first kappa shape index (κ1) is 12.3. The summed E-state index contributed by atoms with van der Waals surface area (Å²) in [6.45, 7) is 4.68. The molecule has 0 atom stereocenters. The van der Waals surface area contributed by atoms with E-state index >= 15 is 0 Å². The number of rotatable bonds is 4. The third-order valence-corrected chi connectivity index (χ3v) is 3.03. The van der Waals surface area contributed by atoms with Crippen LogP contribution in [0.3, 0.4) is 0 Å². The van der Waals surface area contributed by atoms with Gasteiger partial charge in [-0.25, -0.2) is 9.67 Å². The maximum absolute atomic E-state index is 4.17. The Morgan fingerprint density at radius 2 is 2.20 bits per heavy atom. The molecule has 0 bridgehead atoms. The lowest BCUT2D eigenvalue weighted by Gasteiger charge is -2.09. The van der Waals surface area contributed by atoms with E-state index in [0.717, 1.165) is 28.5 Å². The van der Waals surface area contributed by atoms with Gasteiger partial charge in [0.05, 0.1) is 24.1 Å². The zero-order valence-electron chi connectivity index (χ0n) is 11.3. The van der Waals surface area contributed by atoms with Crippen molar-refractivity contribution in [3.8, 4) is 5.69 Å². The Morgan fingerprint density at radius 1 is 1.30 bits per heavy atom. The maximum Gasteiger partial charge on any atom is 0.143 e. The van der Waals surface area contributed by atoms with E-state index < -0.39 is 0 Å². The molecular formula is C13H15N7. The molecule has 2 heterocycles. The molecule has 0 spiro atoms. The van der Waals surface area contributed by atoms with Crippen LogP contribution in [0.2, 0.25) is 0 Å². The average Bonchev–Trinajstić information content (AvgIpc) is 3.08. The third-order valence-electron chi connectivity index (χ3n) is 3.03. The van der Waals surface area contributed by atoms with Crippen molar-refractivity contribution in [1.29, 1.82) is 0 Å². The SMILES string of the molecule is Cc1ncc(CNc2ccc(-n3cnnn3)c(C)c2)[nH]1. The fraction of sp³-hybridized carbons (Fsp3) is 0.231. The van der Waals surface area contributed by atoms with Gasteiger partial charge in [0.1, 0.15) is 12.2 Å². The van der Waals surface area contributed by atoms with Gasteiger partial charge in [-0.05, 0) is 48.0 Å². The fourth-order valence-electron chi connectivity index (χ4n) is 2.05. The van der Waals surface area contributed by atoms with Crippen LogP contribution < -0.4 is 5.32 Å². The molecule has 0 unspecified atom stereocenters. The molecular weight excluding hydrogens is 254 g/mol. The van der Waals surface area contributed by atoms with Gasteiger partial charge in [-0.2, -0.15) is 0 Å². The minimum absolute atomic E-state index is 0.713. The van der Waals surface area contributed by atoms with E-state index in [0.29, 0.717) is 6.54 Å². The number of tetrazole rings is 1. The van der Waals surface area contributed by atoms with Crippen LogP contribution in [0.5, 0.6) is 0 Å². The topological polar surface area (TPSA) is 84.3 Å². The summed E-state index contributed by atoms with van der Waals surface area (Å²) < 4.78 is 1.65. The molecule has 0 amide bonds. The summed E-state index contributed by atoms with van der Waals surface area (Å²) in [6.07, 6.45) is 3.42. The molecule has 2 N–H and O–H groups in total. The number of H-pyrrole nitrogens is 1. The Labute approximate surface area is 116 Å². The molecule has 0 fully saturated rings. The highest BCUT2D eigenvalue weighted by Crippen LogP contribution is 2.18. The lowest BCUT2D eigenvalue weighted by Crippen LogP contribution is -2.02. The van der Waals surface area contributed by atoms with Crippen molar-refractivity contribution in [3.05, 3.63) is 47.8 Å². The number of imidazole rings is 1. The minimum atomic E-state index is 0.713. The van der Waals surface area contributed by atoms with Crippen molar-refractivity contribution in [2.75, 3.05) is 5.32 Å². The van der Waals surface area contributed by atoms with Gasteiger partial charge in [0.25, 0.3) is 0 Å². The quantitative estimate of drug-likeness (QED) is 0.751. The lowest BCUT2D eigenvalue weighted by atomic mass is 10.2. The van der Waals surface area contributed by atoms with Crippen LogP contribution in [0.25, 0.3) is 5.69 Å². The lowest BCUT2D eigenvalue weighted by molar-refractivity contribution is 0.785. The highest BCUT2D eigenvalue weighted by atomic mass is 15.5. The van der Waals surface area contributed by atoms with Gasteiger partial charge in [-0.1, -0.05) is 0 Å². The molecule has 0 aliphatic rings. The third kappa shape index (κ3) is 2.51. The zero-order chi connectivity index (χ0) is 13.9. The molecule has 2 aromatic heterocycles. The molecule has 0 saturated heterocycles. The number of benzene rings is 1. The zero-order valence-corrected chi connectivity index (χ0v) is 11.3. The smallest absolute Gasteiger partial charge is 0.143 e. The summed E-state index contributed by atoms with van der Waals surface area (Å²) in [4.78, 5) is 7.36. The van der Waals surface area contributed by atoms with Gasteiger partial charge >= 0.3 is 0 Å². The van der Waals surface area contributed by atoms with Crippen LogP contribution in [0, 0.1) is 13.8 Å². The van der Waals surface area contributed by atoms with E-state index in [2.05, 4.69) is 36.9 Å². The predicted molar refractivity (Wildman–Crippen MR) is 74.5 cm³/mol. The summed E-state index contributed by atoms with van der Waals surface area (Å²) in [5.41, 5.74) is 4.18. The van der Waals surface area contributed by atoms with Crippen LogP contribution in [0.1, 0.15) is 17.1 Å². The molecule has 102 valence electrons. The predicted octanol–water partition coefficient (Wildman–Crippen LogP) is 1.61. The van der Waals surface area contributed by atoms with E-state index in [1.54, 1.807) is 11.0 Å². The number of hydrogen-bond acceptors (Lipinski definition) is 5. The average molecular weight is 269 g/mol. The van der Waals surface area contributed by atoms with Crippen molar-refractivity contribution in [1.82, 2.24) is 30.2 Å². The molecule has 0 radical (unpaired) electrons. The Morgan fingerprint density at radius 3 is 2.85 bits per heavy atom. The van der Waals surface area contributed by atoms with Crippen LogP contribution in [-0.4, -0.2) is 30.2 Å². The number of hydrogen-bond donors (Lipinski definition) is 2. The van der Waals surface area contributed by atoms with Crippen molar-refractivity contribution in [2.45, 2.75) is 20.4 Å². The maximum atomic E-state index is 4.17. The molecule has 0 saturated carbocycles. The number of aromatic nitrogens is 6. The molecule has 3 aromatic rings. The largest absolute Gasteiger partial charge is 0.379 e. The van der Waals surface area contributed by atoms with E-state index in [4.69, 9.17) is 0 Å². The summed E-state index contributed by atoms with van der Waals surface area (Å²) in [5, 5.41) is 14.5. The minimum Gasteiger partial charge on any atom is -0.379 e. The Hall–Kier alpha value is -2.70.